The monoisotopic (exact) mass is 264 g/mol. The quantitative estimate of drug-likeness (QED) is 0.840. The minimum atomic E-state index is -0.745. The first-order valence-electron chi connectivity index (χ1n) is 6.54. The fraction of sp³-hybridized carbons (Fsp3) is 0.500. The zero-order valence-corrected chi connectivity index (χ0v) is 11.1. The fourth-order valence-electron chi connectivity index (χ4n) is 2.49. The lowest BCUT2D eigenvalue weighted by Gasteiger charge is -2.38. The molecule has 1 aliphatic heterocycles. The van der Waals surface area contributed by atoms with Gasteiger partial charge in [0.2, 0.25) is 0 Å². The summed E-state index contributed by atoms with van der Waals surface area (Å²) in [5.74, 6) is 0.0928. The molecule has 5 nitrogen and oxygen atoms in total. The van der Waals surface area contributed by atoms with Crippen molar-refractivity contribution in [2.75, 3.05) is 31.6 Å². The fourth-order valence-corrected chi connectivity index (χ4v) is 2.49. The van der Waals surface area contributed by atoms with Gasteiger partial charge in [-0.05, 0) is 18.6 Å². The summed E-state index contributed by atoms with van der Waals surface area (Å²) in [7, 11) is 1.66. The predicted octanol–water partition coefficient (Wildman–Crippen LogP) is 1.34. The highest BCUT2D eigenvalue weighted by Gasteiger charge is 2.24. The van der Waals surface area contributed by atoms with Gasteiger partial charge in [0.1, 0.15) is 5.75 Å². The Morgan fingerprint density at radius 2 is 2.32 bits per heavy atom. The molecule has 0 radical (unpaired) electrons. The zero-order valence-electron chi connectivity index (χ0n) is 11.1. The van der Waals surface area contributed by atoms with Crippen molar-refractivity contribution in [3.63, 3.8) is 0 Å². The highest BCUT2D eigenvalue weighted by atomic mass is 16.5. The highest BCUT2D eigenvalue weighted by Crippen LogP contribution is 2.30. The number of rotatable bonds is 5. The van der Waals surface area contributed by atoms with E-state index in [1.807, 2.05) is 24.3 Å². The van der Waals surface area contributed by atoms with E-state index in [1.165, 1.54) is 0 Å². The maximum Gasteiger partial charge on any atom is 0.303 e. The number of methoxy groups -OCH3 is 1. The van der Waals surface area contributed by atoms with Crippen LogP contribution in [0.5, 0.6) is 5.75 Å². The lowest BCUT2D eigenvalue weighted by molar-refractivity contribution is -0.137. The topological polar surface area (TPSA) is 61.8 Å². The standard InChI is InChI=1S/C14H20N2O3/c1-19-13-5-3-2-4-12(13)16-9-8-15-10-11(16)6-7-14(17)18/h2-5,11,15H,6-10H2,1H3,(H,17,18). The van der Waals surface area contributed by atoms with Gasteiger partial charge in [0.25, 0.3) is 0 Å². The normalized spacial score (nSPS) is 19.2. The van der Waals surface area contributed by atoms with Crippen LogP contribution < -0.4 is 15.0 Å². The molecule has 1 atom stereocenters. The van der Waals surface area contributed by atoms with Gasteiger partial charge in [-0.15, -0.1) is 0 Å². The number of hydrogen-bond acceptors (Lipinski definition) is 4. The summed E-state index contributed by atoms with van der Waals surface area (Å²) in [4.78, 5) is 13.0. The van der Waals surface area contributed by atoms with Crippen LogP contribution in [0, 0.1) is 0 Å². The second kappa shape index (κ2) is 6.43. The van der Waals surface area contributed by atoms with E-state index in [-0.39, 0.29) is 12.5 Å². The Bertz CT molecular complexity index is 436. The first-order chi connectivity index (χ1) is 9.22. The van der Waals surface area contributed by atoms with Gasteiger partial charge in [-0.2, -0.15) is 0 Å². The Morgan fingerprint density at radius 3 is 3.05 bits per heavy atom. The van der Waals surface area contributed by atoms with Crippen LogP contribution in [0.1, 0.15) is 12.8 Å². The van der Waals surface area contributed by atoms with E-state index in [9.17, 15) is 4.79 Å². The summed E-state index contributed by atoms with van der Waals surface area (Å²) in [5, 5.41) is 12.2. The maximum atomic E-state index is 10.7. The van der Waals surface area contributed by atoms with Crippen LogP contribution in [0.15, 0.2) is 24.3 Å². The number of nitrogens with one attached hydrogen (secondary N) is 1. The van der Waals surface area contributed by atoms with Crippen LogP contribution in [-0.4, -0.2) is 43.9 Å². The summed E-state index contributed by atoms with van der Waals surface area (Å²) in [6.07, 6.45) is 0.832. The zero-order chi connectivity index (χ0) is 13.7. The van der Waals surface area contributed by atoms with Crippen molar-refractivity contribution in [1.82, 2.24) is 5.32 Å². The number of carboxylic acids is 1. The number of nitrogens with zero attached hydrogens (tertiary/aromatic N) is 1. The molecule has 1 heterocycles. The van der Waals surface area contributed by atoms with Crippen molar-refractivity contribution in [1.29, 1.82) is 0 Å². The molecule has 19 heavy (non-hydrogen) atoms. The van der Waals surface area contributed by atoms with Crippen molar-refractivity contribution in [3.05, 3.63) is 24.3 Å². The summed E-state index contributed by atoms with van der Waals surface area (Å²) in [5.41, 5.74) is 1.04. The molecule has 2 N–H and O–H groups in total. The molecular formula is C14H20N2O3. The van der Waals surface area contributed by atoms with E-state index in [4.69, 9.17) is 9.84 Å². The molecule has 1 fully saturated rings. The Morgan fingerprint density at radius 1 is 1.53 bits per heavy atom. The molecule has 1 aliphatic rings. The maximum absolute atomic E-state index is 10.7. The summed E-state index contributed by atoms with van der Waals surface area (Å²) >= 11 is 0. The lowest BCUT2D eigenvalue weighted by Crippen LogP contribution is -2.51. The van der Waals surface area contributed by atoms with Gasteiger partial charge < -0.3 is 20.1 Å². The molecule has 0 saturated carbocycles. The Kier molecular flexibility index (Phi) is 4.63. The van der Waals surface area contributed by atoms with Gasteiger partial charge in [-0.25, -0.2) is 0 Å². The number of aliphatic carboxylic acids is 1. The van der Waals surface area contributed by atoms with Crippen molar-refractivity contribution in [3.8, 4) is 5.75 Å². The van der Waals surface area contributed by atoms with Gasteiger partial charge in [-0.3, -0.25) is 4.79 Å². The minimum Gasteiger partial charge on any atom is -0.495 e. The van der Waals surface area contributed by atoms with E-state index < -0.39 is 5.97 Å². The molecule has 1 aromatic rings. The van der Waals surface area contributed by atoms with Crippen LogP contribution in [-0.2, 0) is 4.79 Å². The SMILES string of the molecule is COc1ccccc1N1CCNCC1CCC(=O)O. The summed E-state index contributed by atoms with van der Waals surface area (Å²) < 4.78 is 5.39. The number of anilines is 1. The number of carboxylic acid groups (broad SMARTS) is 1. The highest BCUT2D eigenvalue weighted by molar-refractivity contribution is 5.67. The molecule has 2 rings (SSSR count). The number of piperazine rings is 1. The van der Waals surface area contributed by atoms with Crippen LogP contribution in [0.4, 0.5) is 5.69 Å². The average Bonchev–Trinajstić information content (AvgIpc) is 2.45. The lowest BCUT2D eigenvalue weighted by atomic mass is 10.1. The summed E-state index contributed by atoms with van der Waals surface area (Å²) in [6, 6.07) is 8.08. The second-order valence-electron chi connectivity index (χ2n) is 4.66. The Labute approximate surface area is 113 Å². The molecule has 0 amide bonds. The molecule has 0 spiro atoms. The van der Waals surface area contributed by atoms with Crippen molar-refractivity contribution in [2.24, 2.45) is 0 Å². The molecule has 0 bridgehead atoms. The molecule has 1 unspecified atom stereocenters. The smallest absolute Gasteiger partial charge is 0.303 e. The van der Waals surface area contributed by atoms with Crippen LogP contribution >= 0.6 is 0 Å². The number of ether oxygens (including phenoxy) is 1. The van der Waals surface area contributed by atoms with Crippen molar-refractivity contribution >= 4 is 11.7 Å². The van der Waals surface area contributed by atoms with E-state index >= 15 is 0 Å². The second-order valence-corrected chi connectivity index (χ2v) is 4.66. The molecule has 0 aliphatic carbocycles. The van der Waals surface area contributed by atoms with E-state index in [0.717, 1.165) is 31.1 Å². The largest absolute Gasteiger partial charge is 0.495 e. The predicted molar refractivity (Wildman–Crippen MR) is 73.9 cm³/mol. The third-order valence-electron chi connectivity index (χ3n) is 3.44. The van der Waals surface area contributed by atoms with Crippen molar-refractivity contribution < 1.29 is 14.6 Å². The molecule has 5 heteroatoms. The van der Waals surface area contributed by atoms with Crippen molar-refractivity contribution in [2.45, 2.75) is 18.9 Å². The number of para-hydroxylation sites is 2. The third kappa shape index (κ3) is 3.38. The van der Waals surface area contributed by atoms with E-state index in [1.54, 1.807) is 7.11 Å². The number of benzene rings is 1. The number of carbonyl (C=O) groups is 1. The molecule has 104 valence electrons. The van der Waals surface area contributed by atoms with Crippen LogP contribution in [0.25, 0.3) is 0 Å². The van der Waals surface area contributed by atoms with E-state index in [0.29, 0.717) is 6.42 Å². The minimum absolute atomic E-state index is 0.192. The van der Waals surface area contributed by atoms with E-state index in [2.05, 4.69) is 10.2 Å². The van der Waals surface area contributed by atoms with Gasteiger partial charge in [0.15, 0.2) is 0 Å². The number of hydrogen-bond donors (Lipinski definition) is 2. The Balaban J connectivity index is 2.16. The molecule has 0 aromatic heterocycles. The third-order valence-corrected chi connectivity index (χ3v) is 3.44. The average molecular weight is 264 g/mol. The Hall–Kier alpha value is -1.75. The first kappa shape index (κ1) is 13.7. The van der Waals surface area contributed by atoms with Crippen LogP contribution in [0.3, 0.4) is 0 Å². The van der Waals surface area contributed by atoms with Gasteiger partial charge >= 0.3 is 5.97 Å². The van der Waals surface area contributed by atoms with Gasteiger partial charge in [-0.1, -0.05) is 12.1 Å². The molecule has 1 saturated heterocycles. The van der Waals surface area contributed by atoms with Gasteiger partial charge in [0.05, 0.1) is 12.8 Å². The van der Waals surface area contributed by atoms with Crippen LogP contribution in [0.2, 0.25) is 0 Å². The molecular weight excluding hydrogens is 244 g/mol. The first-order valence-corrected chi connectivity index (χ1v) is 6.54. The summed E-state index contributed by atoms with van der Waals surface area (Å²) in [6.45, 7) is 2.58. The molecule has 1 aromatic carbocycles. The van der Waals surface area contributed by atoms with Gasteiger partial charge in [0, 0.05) is 32.1 Å².